The quantitative estimate of drug-likeness (QED) is 0.797. The molecule has 1 aliphatic rings. The summed E-state index contributed by atoms with van der Waals surface area (Å²) >= 11 is 7.10. The van der Waals surface area contributed by atoms with Gasteiger partial charge in [-0.3, -0.25) is 0 Å². The van der Waals surface area contributed by atoms with Gasteiger partial charge in [0.2, 0.25) is 0 Å². The average molecular weight is 234 g/mol. The van der Waals surface area contributed by atoms with Crippen molar-refractivity contribution >= 4 is 28.2 Å². The maximum atomic E-state index is 5.43. The summed E-state index contributed by atoms with van der Waals surface area (Å²) in [6, 6.07) is 0. The molecule has 2 heterocycles. The Morgan fingerprint density at radius 1 is 1.57 bits per heavy atom. The van der Waals surface area contributed by atoms with Gasteiger partial charge in [0.25, 0.3) is 0 Å². The van der Waals surface area contributed by atoms with Gasteiger partial charge in [0.05, 0.1) is 13.2 Å². The number of halogens is 1. The van der Waals surface area contributed by atoms with E-state index < -0.39 is 0 Å². The molecule has 14 heavy (non-hydrogen) atoms. The highest BCUT2D eigenvalue weighted by molar-refractivity contribution is 7.15. The van der Waals surface area contributed by atoms with Crippen LogP contribution in [0.4, 0.5) is 5.13 Å². The first-order chi connectivity index (χ1) is 6.90. The van der Waals surface area contributed by atoms with Gasteiger partial charge in [0.1, 0.15) is 0 Å². The Morgan fingerprint density at radius 3 is 3.07 bits per heavy atom. The maximum absolute atomic E-state index is 5.43. The van der Waals surface area contributed by atoms with Crippen molar-refractivity contribution in [3.05, 3.63) is 11.1 Å². The Balaban J connectivity index is 2.00. The van der Waals surface area contributed by atoms with E-state index in [1.54, 1.807) is 11.3 Å². The summed E-state index contributed by atoms with van der Waals surface area (Å²) in [6.45, 7) is 4.12. The smallest absolute Gasteiger partial charge is 0.185 e. The minimum atomic E-state index is 0.670. The monoisotopic (exact) mass is 233 g/mol. The van der Waals surface area contributed by atoms with Crippen molar-refractivity contribution in [2.24, 2.45) is 0 Å². The third-order valence-electron chi connectivity index (χ3n) is 2.06. The van der Waals surface area contributed by atoms with E-state index in [1.165, 1.54) is 0 Å². The number of nitrogens with one attached hydrogen (secondary N) is 1. The van der Waals surface area contributed by atoms with E-state index in [-0.39, 0.29) is 0 Å². The summed E-state index contributed by atoms with van der Waals surface area (Å²) in [5.74, 6) is 0. The molecule has 0 aliphatic carbocycles. The van der Waals surface area contributed by atoms with Gasteiger partial charge in [-0.1, -0.05) is 0 Å². The normalized spacial score (nSPS) is 17.4. The van der Waals surface area contributed by atoms with Crippen LogP contribution < -0.4 is 9.74 Å². The van der Waals surface area contributed by atoms with Crippen molar-refractivity contribution in [3.8, 4) is 0 Å². The zero-order chi connectivity index (χ0) is 9.80. The summed E-state index contributed by atoms with van der Waals surface area (Å²) in [7, 11) is 0. The number of thiazole rings is 1. The zero-order valence-corrected chi connectivity index (χ0v) is 9.27. The molecule has 0 radical (unpaired) electrons. The van der Waals surface area contributed by atoms with Gasteiger partial charge in [-0.15, -0.1) is 11.3 Å². The number of ether oxygens (including phenoxy) is 1. The second kappa shape index (κ2) is 4.93. The molecule has 0 aromatic carbocycles. The van der Waals surface area contributed by atoms with Crippen LogP contribution in [0.25, 0.3) is 0 Å². The minimum absolute atomic E-state index is 0.670. The number of morpholine rings is 1. The molecule has 4 nitrogen and oxygen atoms in total. The number of anilines is 1. The third-order valence-corrected chi connectivity index (χ3v) is 3.26. The van der Waals surface area contributed by atoms with Crippen LogP contribution in [0.3, 0.4) is 0 Å². The van der Waals surface area contributed by atoms with Crippen LogP contribution in [0.15, 0.2) is 6.20 Å². The Labute approximate surface area is 91.9 Å². The van der Waals surface area contributed by atoms with Crippen LogP contribution in [-0.2, 0) is 11.3 Å². The highest BCUT2D eigenvalue weighted by atomic mass is 35.5. The summed E-state index contributed by atoms with van der Waals surface area (Å²) < 4.78 is 5.28. The largest absolute Gasteiger partial charge is 0.378 e. The van der Waals surface area contributed by atoms with Crippen LogP contribution in [0.2, 0.25) is 0 Å². The van der Waals surface area contributed by atoms with E-state index in [2.05, 4.69) is 14.7 Å². The summed E-state index contributed by atoms with van der Waals surface area (Å²) in [6.07, 6.45) is 1.87. The molecule has 1 N–H and O–H groups in total. The first-order valence-electron chi connectivity index (χ1n) is 4.51. The molecule has 78 valence electrons. The molecule has 1 aromatic heterocycles. The van der Waals surface area contributed by atoms with Crippen molar-refractivity contribution in [2.45, 2.75) is 6.54 Å². The molecular weight excluding hydrogens is 222 g/mol. The standard InChI is InChI=1S/C8H12ClN3OS/c9-11-6-7-5-10-8(14-7)12-1-3-13-4-2-12/h5,11H,1-4,6H2. The molecule has 1 saturated heterocycles. The fourth-order valence-electron chi connectivity index (χ4n) is 1.35. The number of nitrogens with zero attached hydrogens (tertiary/aromatic N) is 2. The van der Waals surface area contributed by atoms with E-state index >= 15 is 0 Å². The summed E-state index contributed by atoms with van der Waals surface area (Å²) in [5, 5.41) is 1.07. The maximum Gasteiger partial charge on any atom is 0.185 e. The molecule has 6 heteroatoms. The lowest BCUT2D eigenvalue weighted by Gasteiger charge is -2.25. The number of rotatable bonds is 3. The van der Waals surface area contributed by atoms with E-state index in [0.717, 1.165) is 36.3 Å². The number of hydrogen-bond donors (Lipinski definition) is 1. The molecule has 0 spiro atoms. The Kier molecular flexibility index (Phi) is 3.58. The average Bonchev–Trinajstić information content (AvgIpc) is 2.68. The van der Waals surface area contributed by atoms with Crippen LogP contribution >= 0.6 is 23.1 Å². The molecule has 2 rings (SSSR count). The lowest BCUT2D eigenvalue weighted by molar-refractivity contribution is 0.122. The molecule has 0 amide bonds. The fourth-order valence-corrected chi connectivity index (χ4v) is 2.47. The summed E-state index contributed by atoms with van der Waals surface area (Å²) in [4.78, 5) is 10.3. The lowest BCUT2D eigenvalue weighted by atomic mass is 10.5. The molecule has 1 aliphatic heterocycles. The molecular formula is C8H12ClN3OS. The second-order valence-electron chi connectivity index (χ2n) is 3.02. The van der Waals surface area contributed by atoms with Crippen LogP contribution in [0.5, 0.6) is 0 Å². The van der Waals surface area contributed by atoms with Crippen molar-refractivity contribution in [1.29, 1.82) is 0 Å². The predicted octanol–water partition coefficient (Wildman–Crippen LogP) is 1.22. The van der Waals surface area contributed by atoms with E-state index in [1.807, 2.05) is 6.20 Å². The fraction of sp³-hybridized carbons (Fsp3) is 0.625. The highest BCUT2D eigenvalue weighted by Crippen LogP contribution is 2.23. The van der Waals surface area contributed by atoms with E-state index in [9.17, 15) is 0 Å². The first kappa shape index (κ1) is 10.2. The second-order valence-corrected chi connectivity index (χ2v) is 4.38. The highest BCUT2D eigenvalue weighted by Gasteiger charge is 2.14. The molecule has 0 saturated carbocycles. The Bertz CT molecular complexity index is 288. The van der Waals surface area contributed by atoms with Crippen molar-refractivity contribution in [2.75, 3.05) is 31.2 Å². The van der Waals surface area contributed by atoms with E-state index in [4.69, 9.17) is 16.5 Å². The topological polar surface area (TPSA) is 37.4 Å². The van der Waals surface area contributed by atoms with Gasteiger partial charge in [-0.25, -0.2) is 9.82 Å². The van der Waals surface area contributed by atoms with Gasteiger partial charge >= 0.3 is 0 Å². The van der Waals surface area contributed by atoms with Crippen LogP contribution in [0.1, 0.15) is 4.88 Å². The molecule has 1 fully saturated rings. The van der Waals surface area contributed by atoms with Gasteiger partial charge in [-0.2, -0.15) is 0 Å². The number of hydrogen-bond acceptors (Lipinski definition) is 5. The molecule has 0 bridgehead atoms. The predicted molar refractivity (Wildman–Crippen MR) is 57.8 cm³/mol. The van der Waals surface area contributed by atoms with Gasteiger partial charge in [0.15, 0.2) is 5.13 Å². The van der Waals surface area contributed by atoms with Gasteiger partial charge in [0, 0.05) is 30.7 Å². The first-order valence-corrected chi connectivity index (χ1v) is 5.70. The molecule has 0 atom stereocenters. The molecule has 0 unspecified atom stereocenters. The molecule has 1 aromatic rings. The Hall–Kier alpha value is -0.360. The van der Waals surface area contributed by atoms with Crippen molar-refractivity contribution < 1.29 is 4.74 Å². The summed E-state index contributed by atoms with van der Waals surface area (Å²) in [5.41, 5.74) is 0. The van der Waals surface area contributed by atoms with Crippen LogP contribution in [0, 0.1) is 0 Å². The van der Waals surface area contributed by atoms with Crippen molar-refractivity contribution in [3.63, 3.8) is 0 Å². The zero-order valence-electron chi connectivity index (χ0n) is 7.70. The lowest BCUT2D eigenvalue weighted by Crippen LogP contribution is -2.36. The van der Waals surface area contributed by atoms with Gasteiger partial charge in [-0.05, 0) is 11.8 Å². The van der Waals surface area contributed by atoms with E-state index in [0.29, 0.717) is 6.54 Å². The Morgan fingerprint density at radius 2 is 2.36 bits per heavy atom. The number of aromatic nitrogens is 1. The van der Waals surface area contributed by atoms with Gasteiger partial charge < -0.3 is 9.64 Å². The van der Waals surface area contributed by atoms with Crippen molar-refractivity contribution in [1.82, 2.24) is 9.82 Å². The minimum Gasteiger partial charge on any atom is -0.378 e. The SMILES string of the molecule is ClNCc1cnc(N2CCOCC2)s1. The third kappa shape index (κ3) is 2.36. The van der Waals surface area contributed by atoms with Crippen LogP contribution in [-0.4, -0.2) is 31.3 Å².